The summed E-state index contributed by atoms with van der Waals surface area (Å²) in [6, 6.07) is 0. The van der Waals surface area contributed by atoms with Gasteiger partial charge in [-0.15, -0.1) is 0 Å². The van der Waals surface area contributed by atoms with Crippen LogP contribution < -0.4 is 0 Å². The van der Waals surface area contributed by atoms with Crippen LogP contribution in [0.2, 0.25) is 0 Å². The molecule has 3 unspecified atom stereocenters. The molecular formula is C16H29NO4. The van der Waals surface area contributed by atoms with Crippen LogP contribution in [0.3, 0.4) is 0 Å². The maximum atomic E-state index is 12.5. The molecule has 0 spiro atoms. The largest absolute Gasteiger partial charge is 0.479 e. The molecule has 3 atom stereocenters. The Balaban J connectivity index is 3.17. The van der Waals surface area contributed by atoms with Crippen molar-refractivity contribution in [3.05, 3.63) is 0 Å². The van der Waals surface area contributed by atoms with Crippen molar-refractivity contribution in [1.82, 2.24) is 4.90 Å². The van der Waals surface area contributed by atoms with Crippen LogP contribution in [-0.2, 0) is 9.53 Å². The van der Waals surface area contributed by atoms with Gasteiger partial charge in [0.05, 0.1) is 0 Å². The molecule has 1 aliphatic rings. The topological polar surface area (TPSA) is 66.8 Å². The maximum Gasteiger partial charge on any atom is 0.411 e. The highest BCUT2D eigenvalue weighted by Gasteiger charge is 2.53. The standard InChI is InChI=1S/C16H29NO4/c1-7-17(14(20)21-15(4,5)6)16(13(18)19)10-11(2)8-9-12(16)3/h11-12H,7-10H2,1-6H3,(H,18,19). The Hall–Kier alpha value is -1.26. The molecule has 1 amide bonds. The summed E-state index contributed by atoms with van der Waals surface area (Å²) in [5.41, 5.74) is -1.79. The van der Waals surface area contributed by atoms with Gasteiger partial charge in [-0.2, -0.15) is 0 Å². The minimum Gasteiger partial charge on any atom is -0.479 e. The van der Waals surface area contributed by atoms with Crippen molar-refractivity contribution in [1.29, 1.82) is 0 Å². The van der Waals surface area contributed by atoms with Crippen molar-refractivity contribution in [2.24, 2.45) is 11.8 Å². The zero-order valence-corrected chi connectivity index (χ0v) is 14.1. The zero-order valence-electron chi connectivity index (χ0n) is 14.1. The lowest BCUT2D eigenvalue weighted by molar-refractivity contribution is -0.159. The van der Waals surface area contributed by atoms with E-state index in [2.05, 4.69) is 0 Å². The number of carbonyl (C=O) groups excluding carboxylic acids is 1. The van der Waals surface area contributed by atoms with Crippen LogP contribution >= 0.6 is 0 Å². The van der Waals surface area contributed by atoms with Crippen molar-refractivity contribution in [3.63, 3.8) is 0 Å². The summed E-state index contributed by atoms with van der Waals surface area (Å²) in [5.74, 6) is -0.721. The summed E-state index contributed by atoms with van der Waals surface area (Å²) < 4.78 is 5.43. The number of carboxylic acid groups (broad SMARTS) is 1. The van der Waals surface area contributed by atoms with Gasteiger partial charge in [-0.3, -0.25) is 4.90 Å². The minimum absolute atomic E-state index is 0.0846. The highest BCUT2D eigenvalue weighted by Crippen LogP contribution is 2.42. The number of aliphatic carboxylic acids is 1. The molecule has 0 radical (unpaired) electrons. The summed E-state index contributed by atoms with van der Waals surface area (Å²) in [6.45, 7) is 11.5. The molecular weight excluding hydrogens is 270 g/mol. The normalized spacial score (nSPS) is 29.8. The summed E-state index contributed by atoms with van der Waals surface area (Å²) in [7, 11) is 0. The fraction of sp³-hybridized carbons (Fsp3) is 0.875. The lowest BCUT2D eigenvalue weighted by atomic mass is 9.68. The Bertz CT molecular complexity index is 402. The highest BCUT2D eigenvalue weighted by molar-refractivity contribution is 5.85. The fourth-order valence-electron chi connectivity index (χ4n) is 3.29. The molecule has 5 nitrogen and oxygen atoms in total. The first-order valence-corrected chi connectivity index (χ1v) is 7.78. The smallest absolute Gasteiger partial charge is 0.411 e. The summed E-state index contributed by atoms with van der Waals surface area (Å²) in [6.07, 6.45) is 1.76. The van der Waals surface area contributed by atoms with Crippen molar-refractivity contribution in [3.8, 4) is 0 Å². The average molecular weight is 299 g/mol. The second-order valence-electron chi connectivity index (χ2n) is 7.24. The zero-order chi connectivity index (χ0) is 16.4. The molecule has 0 heterocycles. The van der Waals surface area contributed by atoms with Gasteiger partial charge in [-0.1, -0.05) is 20.3 Å². The fourth-order valence-corrected chi connectivity index (χ4v) is 3.29. The predicted octanol–water partition coefficient (Wildman–Crippen LogP) is 3.52. The molecule has 0 aromatic rings. The van der Waals surface area contributed by atoms with E-state index >= 15 is 0 Å². The second-order valence-corrected chi connectivity index (χ2v) is 7.24. The first kappa shape index (κ1) is 17.8. The Morgan fingerprint density at radius 2 is 1.86 bits per heavy atom. The molecule has 1 N–H and O–H groups in total. The number of hydrogen-bond donors (Lipinski definition) is 1. The molecule has 1 rings (SSSR count). The quantitative estimate of drug-likeness (QED) is 0.865. The van der Waals surface area contributed by atoms with Crippen LogP contribution in [0.1, 0.15) is 60.8 Å². The van der Waals surface area contributed by atoms with Crippen LogP contribution in [0.4, 0.5) is 4.79 Å². The first-order chi connectivity index (χ1) is 9.54. The molecule has 0 aromatic heterocycles. The molecule has 0 aliphatic heterocycles. The number of ether oxygens (including phenoxy) is 1. The number of hydrogen-bond acceptors (Lipinski definition) is 3. The Morgan fingerprint density at radius 1 is 1.29 bits per heavy atom. The summed E-state index contributed by atoms with van der Waals surface area (Å²) in [4.78, 5) is 26.0. The van der Waals surface area contributed by atoms with E-state index in [1.165, 1.54) is 4.90 Å². The second kappa shape index (κ2) is 6.24. The van der Waals surface area contributed by atoms with Crippen LogP contribution in [0.25, 0.3) is 0 Å². The lowest BCUT2D eigenvalue weighted by Gasteiger charge is -2.48. The van der Waals surface area contributed by atoms with Crippen LogP contribution in [-0.4, -0.2) is 39.8 Å². The number of carbonyl (C=O) groups is 2. The molecule has 21 heavy (non-hydrogen) atoms. The summed E-state index contributed by atoms with van der Waals surface area (Å²) in [5, 5.41) is 9.88. The predicted molar refractivity (Wildman–Crippen MR) is 81.2 cm³/mol. The molecule has 0 saturated heterocycles. The summed E-state index contributed by atoms with van der Waals surface area (Å²) >= 11 is 0. The van der Waals surface area contributed by atoms with Crippen molar-refractivity contribution in [2.75, 3.05) is 6.54 Å². The monoisotopic (exact) mass is 299 g/mol. The number of rotatable bonds is 3. The molecule has 1 aliphatic carbocycles. The SMILES string of the molecule is CCN(C(=O)OC(C)(C)C)C1(C(=O)O)CC(C)CCC1C. The third kappa shape index (κ3) is 3.69. The van der Waals surface area contributed by atoms with E-state index in [1.807, 2.05) is 13.8 Å². The van der Waals surface area contributed by atoms with Gasteiger partial charge in [0.1, 0.15) is 11.1 Å². The van der Waals surface area contributed by atoms with Gasteiger partial charge >= 0.3 is 12.1 Å². The van der Waals surface area contributed by atoms with E-state index in [9.17, 15) is 14.7 Å². The first-order valence-electron chi connectivity index (χ1n) is 7.78. The molecule has 5 heteroatoms. The van der Waals surface area contributed by atoms with Crippen molar-refractivity contribution in [2.45, 2.75) is 71.9 Å². The highest BCUT2D eigenvalue weighted by atomic mass is 16.6. The molecule has 1 saturated carbocycles. The van der Waals surface area contributed by atoms with Gasteiger partial charge in [-0.25, -0.2) is 9.59 Å². The molecule has 122 valence electrons. The van der Waals surface area contributed by atoms with Crippen LogP contribution in [0, 0.1) is 11.8 Å². The molecule has 1 fully saturated rings. The third-order valence-corrected chi connectivity index (χ3v) is 4.35. The van der Waals surface area contributed by atoms with Crippen molar-refractivity contribution < 1.29 is 19.4 Å². The number of carboxylic acids is 1. The van der Waals surface area contributed by atoms with Gasteiger partial charge in [0.15, 0.2) is 0 Å². The van der Waals surface area contributed by atoms with E-state index < -0.39 is 23.2 Å². The van der Waals surface area contributed by atoms with Crippen molar-refractivity contribution >= 4 is 12.1 Å². The Kier molecular flexibility index (Phi) is 5.29. The Labute approximate surface area is 127 Å². The Morgan fingerprint density at radius 3 is 2.29 bits per heavy atom. The minimum atomic E-state index is -1.16. The third-order valence-electron chi connectivity index (χ3n) is 4.35. The maximum absolute atomic E-state index is 12.5. The molecule has 0 aromatic carbocycles. The van der Waals surface area contributed by atoms with Crippen LogP contribution in [0.5, 0.6) is 0 Å². The number of nitrogens with zero attached hydrogens (tertiary/aromatic N) is 1. The average Bonchev–Trinajstić information content (AvgIpc) is 2.31. The lowest BCUT2D eigenvalue weighted by Crippen LogP contribution is -2.63. The van der Waals surface area contributed by atoms with Gasteiger partial charge in [0.2, 0.25) is 0 Å². The van der Waals surface area contributed by atoms with Gasteiger partial charge < -0.3 is 9.84 Å². The van der Waals surface area contributed by atoms with E-state index in [0.717, 1.165) is 12.8 Å². The molecule has 0 bridgehead atoms. The number of likely N-dealkylation sites (N-methyl/N-ethyl adjacent to an activating group) is 1. The van der Waals surface area contributed by atoms with E-state index in [4.69, 9.17) is 4.74 Å². The van der Waals surface area contributed by atoms with Gasteiger partial charge in [0, 0.05) is 6.54 Å². The van der Waals surface area contributed by atoms with E-state index in [0.29, 0.717) is 13.0 Å². The van der Waals surface area contributed by atoms with Gasteiger partial charge in [-0.05, 0) is 52.4 Å². The van der Waals surface area contributed by atoms with E-state index in [1.54, 1.807) is 27.7 Å². The van der Waals surface area contributed by atoms with Gasteiger partial charge in [0.25, 0.3) is 0 Å². The van der Waals surface area contributed by atoms with Crippen LogP contribution in [0.15, 0.2) is 0 Å². The number of amides is 1. The van der Waals surface area contributed by atoms with E-state index in [-0.39, 0.29) is 11.8 Å².